The third kappa shape index (κ3) is 9.25. The number of nitrogens with zero attached hydrogens (tertiary/aromatic N) is 11. The lowest BCUT2D eigenvalue weighted by Crippen LogP contribution is -2.47. The second-order valence-corrected chi connectivity index (χ2v) is 12.1. The van der Waals surface area contributed by atoms with Gasteiger partial charge < -0.3 is 52.9 Å². The number of anilines is 5. The normalized spacial score (nSPS) is 15.6. The van der Waals surface area contributed by atoms with Crippen molar-refractivity contribution in [2.75, 3.05) is 159 Å². The Balaban J connectivity index is 1.63. The van der Waals surface area contributed by atoms with Gasteiger partial charge in [0.1, 0.15) is 11.0 Å². The third-order valence-electron chi connectivity index (χ3n) is 9.07. The average Bonchev–Trinajstić information content (AvgIpc) is 3.17. The van der Waals surface area contributed by atoms with E-state index in [1.165, 1.54) is 0 Å². The second-order valence-electron chi connectivity index (χ2n) is 12.1. The van der Waals surface area contributed by atoms with E-state index in [0.29, 0.717) is 114 Å². The van der Waals surface area contributed by atoms with Crippen LogP contribution in [0.15, 0.2) is 12.3 Å². The van der Waals surface area contributed by atoms with Crippen molar-refractivity contribution in [1.82, 2.24) is 29.9 Å². The Labute approximate surface area is 294 Å². The van der Waals surface area contributed by atoms with Crippen LogP contribution in [0.4, 0.5) is 29.5 Å². The third-order valence-corrected chi connectivity index (χ3v) is 9.07. The van der Waals surface area contributed by atoms with E-state index < -0.39 is 0 Å². The molecule has 0 radical (unpaired) electrons. The zero-order valence-corrected chi connectivity index (χ0v) is 30.4. The van der Waals surface area contributed by atoms with Gasteiger partial charge in [-0.1, -0.05) is 0 Å². The first-order valence-electron chi connectivity index (χ1n) is 17.2. The van der Waals surface area contributed by atoms with Crippen LogP contribution in [-0.2, 0) is 23.7 Å². The summed E-state index contributed by atoms with van der Waals surface area (Å²) in [5.74, 6) is 3.89. The van der Waals surface area contributed by atoms with Crippen molar-refractivity contribution >= 4 is 40.5 Å². The molecule has 2 saturated heterocycles. The summed E-state index contributed by atoms with van der Waals surface area (Å²) in [4.78, 5) is 41.0. The summed E-state index contributed by atoms with van der Waals surface area (Å²) < 4.78 is 33.0. The molecule has 3 aromatic heterocycles. The highest BCUT2D eigenvalue weighted by atomic mass is 16.5. The number of methoxy groups -OCH3 is 6. The highest BCUT2D eigenvalue weighted by Gasteiger charge is 2.30. The Hall–Kier alpha value is -3.90. The van der Waals surface area contributed by atoms with Crippen LogP contribution in [0.2, 0.25) is 0 Å². The van der Waals surface area contributed by atoms with Crippen molar-refractivity contribution in [3.8, 4) is 5.88 Å². The second kappa shape index (κ2) is 18.9. The number of hydrogen-bond donors (Lipinski definition) is 0. The van der Waals surface area contributed by atoms with Gasteiger partial charge >= 0.3 is 0 Å². The van der Waals surface area contributed by atoms with Crippen LogP contribution in [0.1, 0.15) is 12.8 Å². The number of fused-ring (bicyclic) bond motifs is 1. The molecule has 2 aliphatic heterocycles. The first kappa shape index (κ1) is 37.4. The molecule has 0 amide bonds. The van der Waals surface area contributed by atoms with E-state index >= 15 is 0 Å². The summed E-state index contributed by atoms with van der Waals surface area (Å²) in [6.07, 6.45) is 3.71. The minimum Gasteiger partial charge on any atom is -0.481 e. The van der Waals surface area contributed by atoms with Gasteiger partial charge in [0.15, 0.2) is 11.6 Å². The van der Waals surface area contributed by atoms with E-state index in [-0.39, 0.29) is 6.10 Å². The van der Waals surface area contributed by atoms with Crippen molar-refractivity contribution in [1.29, 1.82) is 0 Å². The van der Waals surface area contributed by atoms with E-state index in [1.807, 2.05) is 0 Å². The molecule has 0 atom stereocenters. The monoisotopic (exact) mass is 699 g/mol. The van der Waals surface area contributed by atoms with E-state index in [4.69, 9.17) is 48.4 Å². The van der Waals surface area contributed by atoms with Crippen molar-refractivity contribution in [3.63, 3.8) is 0 Å². The van der Waals surface area contributed by atoms with Crippen LogP contribution in [0.3, 0.4) is 0 Å². The molecule has 0 unspecified atom stereocenters. The Morgan fingerprint density at radius 3 is 1.50 bits per heavy atom. The van der Waals surface area contributed by atoms with E-state index in [2.05, 4.69) is 34.5 Å². The fourth-order valence-electron chi connectivity index (χ4n) is 6.14. The largest absolute Gasteiger partial charge is 0.481 e. The van der Waals surface area contributed by atoms with Crippen molar-refractivity contribution in [2.45, 2.75) is 18.9 Å². The highest BCUT2D eigenvalue weighted by molar-refractivity contribution is 5.95. The molecule has 0 spiro atoms. The first-order valence-corrected chi connectivity index (χ1v) is 17.2. The summed E-state index contributed by atoms with van der Waals surface area (Å²) in [5.41, 5.74) is 1.41. The molecular formula is C33H53N11O6. The van der Waals surface area contributed by atoms with Gasteiger partial charge in [-0.25, -0.2) is 15.0 Å². The molecule has 2 aliphatic rings. The predicted octanol–water partition coefficient (Wildman–Crippen LogP) is 1.36. The van der Waals surface area contributed by atoms with Gasteiger partial charge in [-0.05, 0) is 12.8 Å². The van der Waals surface area contributed by atoms with Crippen LogP contribution < -0.4 is 29.2 Å². The molecule has 0 bridgehead atoms. The molecule has 3 aromatic rings. The maximum atomic E-state index is 5.71. The summed E-state index contributed by atoms with van der Waals surface area (Å²) in [6, 6.07) is 1.75. The van der Waals surface area contributed by atoms with E-state index in [0.717, 1.165) is 37.6 Å². The molecule has 17 nitrogen and oxygen atoms in total. The summed E-state index contributed by atoms with van der Waals surface area (Å²) in [7, 11) is 10.2. The lowest BCUT2D eigenvalue weighted by Gasteiger charge is -2.37. The molecule has 0 saturated carbocycles. The maximum absolute atomic E-state index is 5.71. The zero-order chi connectivity index (χ0) is 35.3. The molecule has 276 valence electrons. The number of aromatic nitrogens is 6. The topological polar surface area (TPSA) is 149 Å². The molecule has 0 N–H and O–H groups in total. The van der Waals surface area contributed by atoms with Gasteiger partial charge in [0.25, 0.3) is 0 Å². The van der Waals surface area contributed by atoms with Crippen LogP contribution in [0.5, 0.6) is 5.88 Å². The van der Waals surface area contributed by atoms with Crippen LogP contribution in [0, 0.1) is 0 Å². The summed E-state index contributed by atoms with van der Waals surface area (Å²) in [6.45, 7) is 8.76. The molecule has 50 heavy (non-hydrogen) atoms. The fourth-order valence-corrected chi connectivity index (χ4v) is 6.14. The Morgan fingerprint density at radius 1 is 0.600 bits per heavy atom. The highest BCUT2D eigenvalue weighted by Crippen LogP contribution is 2.35. The first-order chi connectivity index (χ1) is 24.5. The SMILES string of the molecule is COCCN(CCOC)c1nc(N2CCN(c3nccc(OC)n3)CC2)c2nc(N(CCOC)CCOC)nc(N3CCC(OC)CC3)c2n1. The van der Waals surface area contributed by atoms with Gasteiger partial charge in [0.2, 0.25) is 23.7 Å². The molecule has 0 aliphatic carbocycles. The molecule has 5 rings (SSSR count). The number of rotatable bonds is 19. The van der Waals surface area contributed by atoms with Gasteiger partial charge in [0.05, 0.1) is 39.6 Å². The quantitative estimate of drug-likeness (QED) is 0.177. The van der Waals surface area contributed by atoms with Gasteiger partial charge in [-0.2, -0.15) is 15.0 Å². The molecule has 17 heteroatoms. The molecule has 5 heterocycles. The molecule has 2 fully saturated rings. The number of ether oxygens (including phenoxy) is 6. The number of piperazine rings is 1. The lowest BCUT2D eigenvalue weighted by atomic mass is 10.1. The Kier molecular flexibility index (Phi) is 14.1. The van der Waals surface area contributed by atoms with Gasteiger partial charge in [-0.3, -0.25) is 0 Å². The Morgan fingerprint density at radius 2 is 1.06 bits per heavy atom. The standard InChI is InChI=1S/C33H53N11O6/c1-45-21-17-43(18-22-46-2)32-37-28-27(29(38-32)40-11-8-25(49-5)9-12-40)36-33(44(19-23-47-3)20-24-48-4)39-30(28)41-13-15-42(16-14-41)31-34-10-7-26(35-31)50-6/h7,10,25H,8-9,11-24H2,1-6H3. The van der Waals surface area contributed by atoms with E-state index in [1.54, 1.807) is 54.9 Å². The molecular weight excluding hydrogens is 646 g/mol. The summed E-state index contributed by atoms with van der Waals surface area (Å²) >= 11 is 0. The fraction of sp³-hybridized carbons (Fsp3) is 0.697. The number of piperidine rings is 1. The van der Waals surface area contributed by atoms with Crippen LogP contribution >= 0.6 is 0 Å². The van der Waals surface area contributed by atoms with Crippen molar-refractivity contribution in [3.05, 3.63) is 12.3 Å². The Bertz CT molecular complexity index is 1460. The summed E-state index contributed by atoms with van der Waals surface area (Å²) in [5, 5.41) is 0. The smallest absolute Gasteiger partial charge is 0.228 e. The van der Waals surface area contributed by atoms with Crippen LogP contribution in [0.25, 0.3) is 11.0 Å². The van der Waals surface area contributed by atoms with Crippen molar-refractivity contribution in [2.24, 2.45) is 0 Å². The van der Waals surface area contributed by atoms with Crippen LogP contribution in [-0.4, -0.2) is 171 Å². The lowest BCUT2D eigenvalue weighted by molar-refractivity contribution is 0.0818. The minimum absolute atomic E-state index is 0.211. The van der Waals surface area contributed by atoms with Crippen molar-refractivity contribution < 1.29 is 28.4 Å². The zero-order valence-electron chi connectivity index (χ0n) is 30.4. The predicted molar refractivity (Wildman–Crippen MR) is 192 cm³/mol. The van der Waals surface area contributed by atoms with Gasteiger partial charge in [-0.15, -0.1) is 0 Å². The van der Waals surface area contributed by atoms with Gasteiger partial charge in [0, 0.05) is 113 Å². The maximum Gasteiger partial charge on any atom is 0.228 e. The number of hydrogen-bond acceptors (Lipinski definition) is 17. The molecule has 0 aromatic carbocycles. The average molecular weight is 700 g/mol. The minimum atomic E-state index is 0.211. The van der Waals surface area contributed by atoms with E-state index in [9.17, 15) is 0 Å².